The van der Waals surface area contributed by atoms with Gasteiger partial charge in [-0.25, -0.2) is 14.6 Å². The zero-order valence-corrected chi connectivity index (χ0v) is 12.8. The number of anilines is 1. The number of amides is 2. The van der Waals surface area contributed by atoms with Crippen molar-refractivity contribution in [3.05, 3.63) is 10.6 Å². The van der Waals surface area contributed by atoms with Crippen LogP contribution in [0.5, 0.6) is 0 Å². The first-order valence-electron chi connectivity index (χ1n) is 5.76. The Morgan fingerprint density at radius 1 is 1.63 bits per heavy atom. The smallest absolute Gasteiger partial charge is 0.350 e. The summed E-state index contributed by atoms with van der Waals surface area (Å²) in [4.78, 5) is 29.7. The topological polar surface area (TPSA) is 71.5 Å². The Hall–Kier alpha value is -1.28. The molecular formula is C11H17N3O3S2. The fourth-order valence-electron chi connectivity index (χ4n) is 1.76. The summed E-state index contributed by atoms with van der Waals surface area (Å²) < 4.78 is 4.95. The van der Waals surface area contributed by atoms with Crippen LogP contribution in [0.15, 0.2) is 0 Å². The number of esters is 1. The van der Waals surface area contributed by atoms with Crippen LogP contribution in [-0.4, -0.2) is 36.2 Å². The largest absolute Gasteiger partial charge is 0.462 e. The average molecular weight is 303 g/mol. The molecule has 106 valence electrons. The van der Waals surface area contributed by atoms with Crippen LogP contribution in [0.4, 0.5) is 9.93 Å². The van der Waals surface area contributed by atoms with Crippen LogP contribution in [0, 0.1) is 6.92 Å². The predicted molar refractivity (Wildman–Crippen MR) is 78.5 cm³/mol. The van der Waals surface area contributed by atoms with Crippen molar-refractivity contribution in [2.24, 2.45) is 0 Å². The molecule has 0 aromatic carbocycles. The monoisotopic (exact) mass is 303 g/mol. The zero-order valence-electron chi connectivity index (χ0n) is 11.0. The van der Waals surface area contributed by atoms with E-state index in [0.29, 0.717) is 28.9 Å². The molecular weight excluding hydrogens is 286 g/mol. The molecule has 19 heavy (non-hydrogen) atoms. The number of ether oxygens (including phenoxy) is 1. The van der Waals surface area contributed by atoms with Crippen molar-refractivity contribution in [2.75, 3.05) is 18.1 Å². The molecule has 1 aliphatic heterocycles. The van der Waals surface area contributed by atoms with E-state index in [2.05, 4.69) is 10.3 Å². The van der Waals surface area contributed by atoms with Crippen molar-refractivity contribution in [1.82, 2.24) is 10.3 Å². The minimum Gasteiger partial charge on any atom is -0.462 e. The summed E-state index contributed by atoms with van der Waals surface area (Å²) in [5.74, 6) is -0.383. The SMILES string of the molecule is CCOC(=O)c1sc(N2C(=O)NC[C@@H]2C)nc1C.S. The minimum atomic E-state index is -0.383. The van der Waals surface area contributed by atoms with E-state index in [-0.39, 0.29) is 31.5 Å². The molecule has 0 bridgehead atoms. The molecule has 0 unspecified atom stereocenters. The van der Waals surface area contributed by atoms with Gasteiger partial charge in [-0.15, -0.1) is 0 Å². The molecule has 2 heterocycles. The summed E-state index contributed by atoms with van der Waals surface area (Å²) in [5.41, 5.74) is 0.598. The predicted octanol–water partition coefficient (Wildman–Crippen LogP) is 1.66. The van der Waals surface area contributed by atoms with Gasteiger partial charge in [0.25, 0.3) is 0 Å². The summed E-state index contributed by atoms with van der Waals surface area (Å²) in [6.07, 6.45) is 0. The van der Waals surface area contributed by atoms with Gasteiger partial charge >= 0.3 is 12.0 Å². The van der Waals surface area contributed by atoms with E-state index in [0.717, 1.165) is 0 Å². The maximum absolute atomic E-state index is 11.7. The Morgan fingerprint density at radius 2 is 2.32 bits per heavy atom. The summed E-state index contributed by atoms with van der Waals surface area (Å²) in [6, 6.07) is -0.134. The molecule has 8 heteroatoms. The van der Waals surface area contributed by atoms with Crippen molar-refractivity contribution in [1.29, 1.82) is 0 Å². The summed E-state index contributed by atoms with van der Waals surface area (Å²) >= 11 is 1.19. The molecule has 2 amide bonds. The number of thiazole rings is 1. The summed E-state index contributed by atoms with van der Waals surface area (Å²) in [5, 5.41) is 3.28. The van der Waals surface area contributed by atoms with E-state index >= 15 is 0 Å². The number of hydrogen-bond acceptors (Lipinski definition) is 5. The number of nitrogens with zero attached hydrogens (tertiary/aromatic N) is 2. The molecule has 1 fully saturated rings. The molecule has 0 saturated carbocycles. The van der Waals surface area contributed by atoms with Crippen LogP contribution < -0.4 is 10.2 Å². The first kappa shape index (κ1) is 15.8. The van der Waals surface area contributed by atoms with Crippen molar-refractivity contribution in [2.45, 2.75) is 26.8 Å². The molecule has 1 atom stereocenters. The van der Waals surface area contributed by atoms with Gasteiger partial charge in [-0.1, -0.05) is 11.3 Å². The Kier molecular flexibility index (Phi) is 5.19. The Labute approximate surface area is 122 Å². The zero-order chi connectivity index (χ0) is 13.3. The maximum atomic E-state index is 11.7. The van der Waals surface area contributed by atoms with Gasteiger partial charge in [-0.3, -0.25) is 4.90 Å². The van der Waals surface area contributed by atoms with Crippen molar-refractivity contribution in [3.63, 3.8) is 0 Å². The van der Waals surface area contributed by atoms with Crippen LogP contribution in [-0.2, 0) is 4.74 Å². The molecule has 0 aliphatic carbocycles. The number of nitrogens with one attached hydrogen (secondary N) is 1. The number of carbonyl (C=O) groups is 2. The van der Waals surface area contributed by atoms with Crippen LogP contribution in [0.1, 0.15) is 29.2 Å². The molecule has 0 radical (unpaired) electrons. The van der Waals surface area contributed by atoms with Crippen LogP contribution in [0.2, 0.25) is 0 Å². The van der Waals surface area contributed by atoms with Crippen LogP contribution in [0.25, 0.3) is 0 Å². The highest BCUT2D eigenvalue weighted by atomic mass is 32.1. The quantitative estimate of drug-likeness (QED) is 0.862. The van der Waals surface area contributed by atoms with Gasteiger partial charge in [-0.2, -0.15) is 13.5 Å². The van der Waals surface area contributed by atoms with Gasteiger partial charge < -0.3 is 10.1 Å². The van der Waals surface area contributed by atoms with Gasteiger partial charge in [0, 0.05) is 6.54 Å². The molecule has 1 saturated heterocycles. The van der Waals surface area contributed by atoms with Crippen LogP contribution >= 0.6 is 24.8 Å². The molecule has 6 nitrogen and oxygen atoms in total. The second-order valence-corrected chi connectivity index (χ2v) is 5.01. The number of urea groups is 1. The second-order valence-electron chi connectivity index (χ2n) is 4.04. The minimum absolute atomic E-state index is 0. The van der Waals surface area contributed by atoms with E-state index in [1.165, 1.54) is 11.3 Å². The van der Waals surface area contributed by atoms with Gasteiger partial charge in [-0.05, 0) is 20.8 Å². The first-order chi connectivity index (χ1) is 8.54. The Bertz CT molecular complexity index is 490. The highest BCUT2D eigenvalue weighted by Gasteiger charge is 2.32. The van der Waals surface area contributed by atoms with Crippen molar-refractivity contribution in [3.8, 4) is 0 Å². The maximum Gasteiger partial charge on any atom is 0.350 e. The fourth-order valence-corrected chi connectivity index (χ4v) is 2.82. The normalized spacial score (nSPS) is 17.9. The molecule has 1 aromatic rings. The van der Waals surface area contributed by atoms with Gasteiger partial charge in [0.15, 0.2) is 5.13 Å². The Morgan fingerprint density at radius 3 is 2.84 bits per heavy atom. The van der Waals surface area contributed by atoms with Gasteiger partial charge in [0.05, 0.1) is 18.3 Å². The number of hydrogen-bond donors (Lipinski definition) is 1. The third-order valence-electron chi connectivity index (χ3n) is 2.66. The van der Waals surface area contributed by atoms with Crippen molar-refractivity contribution < 1.29 is 14.3 Å². The molecule has 0 spiro atoms. The van der Waals surface area contributed by atoms with Gasteiger partial charge in [0.1, 0.15) is 4.88 Å². The lowest BCUT2D eigenvalue weighted by Gasteiger charge is -2.15. The number of aryl methyl sites for hydroxylation is 1. The number of rotatable bonds is 3. The van der Waals surface area contributed by atoms with E-state index in [4.69, 9.17) is 4.74 Å². The Balaban J connectivity index is 0.00000180. The fraction of sp³-hybridized carbons (Fsp3) is 0.545. The lowest BCUT2D eigenvalue weighted by atomic mass is 10.3. The molecule has 1 N–H and O–H groups in total. The third-order valence-corrected chi connectivity index (χ3v) is 3.80. The number of carbonyl (C=O) groups excluding carboxylic acids is 2. The van der Waals surface area contributed by atoms with E-state index in [9.17, 15) is 9.59 Å². The van der Waals surface area contributed by atoms with E-state index in [1.807, 2.05) is 6.92 Å². The van der Waals surface area contributed by atoms with E-state index < -0.39 is 0 Å². The summed E-state index contributed by atoms with van der Waals surface area (Å²) in [7, 11) is 0. The summed E-state index contributed by atoms with van der Waals surface area (Å²) in [6.45, 7) is 6.34. The molecule has 1 aromatic heterocycles. The number of aromatic nitrogens is 1. The van der Waals surface area contributed by atoms with Crippen molar-refractivity contribution >= 4 is 42.0 Å². The highest BCUT2D eigenvalue weighted by Crippen LogP contribution is 2.29. The average Bonchev–Trinajstić information content (AvgIpc) is 2.83. The first-order valence-corrected chi connectivity index (χ1v) is 6.57. The third kappa shape index (κ3) is 3.01. The molecule has 1 aliphatic rings. The second kappa shape index (κ2) is 6.25. The van der Waals surface area contributed by atoms with E-state index in [1.54, 1.807) is 18.7 Å². The lowest BCUT2D eigenvalue weighted by molar-refractivity contribution is 0.0531. The lowest BCUT2D eigenvalue weighted by Crippen LogP contribution is -2.32. The standard InChI is InChI=1S/C11H15N3O3S.H2S/c1-4-17-9(15)8-7(3)13-11(18-8)14-6(2)5-12-10(14)16;/h6H,4-5H2,1-3H3,(H,12,16);1H2/t6-;/m0./s1. The highest BCUT2D eigenvalue weighted by molar-refractivity contribution is 7.59. The van der Waals surface area contributed by atoms with Crippen LogP contribution in [0.3, 0.4) is 0 Å². The van der Waals surface area contributed by atoms with Gasteiger partial charge in [0.2, 0.25) is 0 Å². The molecule has 2 rings (SSSR count).